The molecule has 0 radical (unpaired) electrons. The van der Waals surface area contributed by atoms with Crippen LogP contribution in [0, 0.1) is 5.92 Å². The molecule has 0 amide bonds. The first-order valence-corrected chi connectivity index (χ1v) is 10.9. The number of nitrogens with zero attached hydrogens (tertiary/aromatic N) is 1. The Morgan fingerprint density at radius 1 is 1.06 bits per heavy atom. The van der Waals surface area contributed by atoms with Crippen molar-refractivity contribution in [2.24, 2.45) is 5.92 Å². The molecule has 0 saturated heterocycles. The largest absolute Gasteiger partial charge is 0.573 e. The summed E-state index contributed by atoms with van der Waals surface area (Å²) >= 11 is 0. The van der Waals surface area contributed by atoms with Gasteiger partial charge in [-0.15, -0.1) is 13.2 Å². The minimum atomic E-state index is -4.71. The van der Waals surface area contributed by atoms with Crippen molar-refractivity contribution in [3.8, 4) is 5.75 Å². The molecule has 1 heterocycles. The molecule has 0 aliphatic heterocycles. The zero-order valence-corrected chi connectivity index (χ0v) is 18.4. The van der Waals surface area contributed by atoms with Gasteiger partial charge in [-0.1, -0.05) is 30.3 Å². The van der Waals surface area contributed by atoms with E-state index in [4.69, 9.17) is 4.74 Å². The van der Waals surface area contributed by atoms with Crippen LogP contribution < -0.4 is 4.74 Å². The SMILES string of the molecule is CN(C)C1(c2ccccc2)CCC(COCc2c[nH]c3ccc(OC(F)(F)F)cc23)CC1. The summed E-state index contributed by atoms with van der Waals surface area (Å²) in [6, 6.07) is 15.0. The van der Waals surface area contributed by atoms with Crippen LogP contribution in [0.15, 0.2) is 54.7 Å². The molecule has 4 nitrogen and oxygen atoms in total. The van der Waals surface area contributed by atoms with Crippen LogP contribution in [0.4, 0.5) is 13.2 Å². The molecule has 0 unspecified atom stereocenters. The predicted octanol–water partition coefficient (Wildman–Crippen LogP) is 6.23. The number of ether oxygens (including phenoxy) is 2. The molecule has 1 saturated carbocycles. The molecule has 32 heavy (non-hydrogen) atoms. The number of hydrogen-bond acceptors (Lipinski definition) is 3. The molecule has 1 fully saturated rings. The number of nitrogens with one attached hydrogen (secondary N) is 1. The third kappa shape index (κ3) is 4.94. The van der Waals surface area contributed by atoms with E-state index in [-0.39, 0.29) is 11.3 Å². The van der Waals surface area contributed by atoms with E-state index in [9.17, 15) is 13.2 Å². The first-order valence-electron chi connectivity index (χ1n) is 10.9. The van der Waals surface area contributed by atoms with Crippen LogP contribution >= 0.6 is 0 Å². The maximum absolute atomic E-state index is 12.5. The molecule has 1 aromatic heterocycles. The fraction of sp³-hybridized carbons (Fsp3) is 0.440. The van der Waals surface area contributed by atoms with E-state index in [1.54, 1.807) is 12.3 Å². The molecular formula is C25H29F3N2O2. The summed E-state index contributed by atoms with van der Waals surface area (Å²) in [6.45, 7) is 0.993. The Morgan fingerprint density at radius 2 is 1.78 bits per heavy atom. The monoisotopic (exact) mass is 446 g/mol. The number of aromatic amines is 1. The summed E-state index contributed by atoms with van der Waals surface area (Å²) in [6.07, 6.45) is 1.38. The minimum Gasteiger partial charge on any atom is -0.406 e. The third-order valence-electron chi connectivity index (χ3n) is 6.68. The summed E-state index contributed by atoms with van der Waals surface area (Å²) in [5, 5.41) is 0.686. The lowest BCUT2D eigenvalue weighted by Crippen LogP contribution is -2.44. The van der Waals surface area contributed by atoms with Gasteiger partial charge in [0.15, 0.2) is 0 Å². The van der Waals surface area contributed by atoms with Crippen LogP contribution in [-0.2, 0) is 16.9 Å². The Labute approximate surface area is 186 Å². The van der Waals surface area contributed by atoms with Crippen LogP contribution in [0.1, 0.15) is 36.8 Å². The second-order valence-electron chi connectivity index (χ2n) is 8.82. The Bertz CT molecular complexity index is 1020. The van der Waals surface area contributed by atoms with Gasteiger partial charge in [0, 0.05) is 34.8 Å². The third-order valence-corrected chi connectivity index (χ3v) is 6.68. The Balaban J connectivity index is 1.35. The van der Waals surface area contributed by atoms with Gasteiger partial charge in [-0.05, 0) is 69.5 Å². The van der Waals surface area contributed by atoms with Gasteiger partial charge in [-0.25, -0.2) is 0 Å². The number of H-pyrrole nitrogens is 1. The highest BCUT2D eigenvalue weighted by molar-refractivity contribution is 5.84. The lowest BCUT2D eigenvalue weighted by Gasteiger charge is -2.45. The highest BCUT2D eigenvalue weighted by Gasteiger charge is 2.38. The molecule has 1 N–H and O–H groups in total. The molecule has 0 spiro atoms. The van der Waals surface area contributed by atoms with E-state index in [2.05, 4.69) is 59.0 Å². The average molecular weight is 447 g/mol. The predicted molar refractivity (Wildman–Crippen MR) is 118 cm³/mol. The first-order chi connectivity index (χ1) is 15.3. The topological polar surface area (TPSA) is 37.5 Å². The number of aromatic nitrogens is 1. The second kappa shape index (κ2) is 9.16. The van der Waals surface area contributed by atoms with Gasteiger partial charge in [0.1, 0.15) is 5.75 Å². The molecule has 0 bridgehead atoms. The Kier molecular flexibility index (Phi) is 6.49. The summed E-state index contributed by atoms with van der Waals surface area (Å²) in [5.74, 6) is 0.250. The van der Waals surface area contributed by atoms with Gasteiger partial charge in [-0.2, -0.15) is 0 Å². The maximum atomic E-state index is 12.5. The van der Waals surface area contributed by atoms with Crippen molar-refractivity contribution in [2.75, 3.05) is 20.7 Å². The Morgan fingerprint density at radius 3 is 2.44 bits per heavy atom. The van der Waals surface area contributed by atoms with Crippen molar-refractivity contribution in [2.45, 2.75) is 44.2 Å². The van der Waals surface area contributed by atoms with Crippen LogP contribution in [0.2, 0.25) is 0 Å². The number of fused-ring (bicyclic) bond motifs is 1. The Hall–Kier alpha value is -2.51. The lowest BCUT2D eigenvalue weighted by atomic mass is 9.72. The number of benzene rings is 2. The number of hydrogen-bond donors (Lipinski definition) is 1. The van der Waals surface area contributed by atoms with Crippen LogP contribution in [0.5, 0.6) is 5.75 Å². The summed E-state index contributed by atoms with van der Waals surface area (Å²) in [7, 11) is 4.30. The molecule has 172 valence electrons. The number of rotatable bonds is 7. The zero-order chi connectivity index (χ0) is 22.8. The van der Waals surface area contributed by atoms with Gasteiger partial charge in [0.2, 0.25) is 0 Å². The molecule has 4 rings (SSSR count). The smallest absolute Gasteiger partial charge is 0.406 e. The van der Waals surface area contributed by atoms with Gasteiger partial charge in [0.25, 0.3) is 0 Å². The standard InChI is InChI=1S/C25H29F3N2O2/c1-30(2)24(20-6-4-3-5-7-20)12-10-18(11-13-24)16-31-17-19-15-29-23-9-8-21(14-22(19)23)32-25(26,27)28/h3-9,14-15,18,29H,10-13,16-17H2,1-2H3. The maximum Gasteiger partial charge on any atom is 0.573 e. The van der Waals surface area contributed by atoms with Gasteiger partial charge in [0.05, 0.1) is 6.61 Å². The number of alkyl halides is 3. The van der Waals surface area contributed by atoms with E-state index in [0.717, 1.165) is 36.8 Å². The zero-order valence-electron chi connectivity index (χ0n) is 18.4. The first kappa shape index (κ1) is 22.7. The van der Waals surface area contributed by atoms with Crippen molar-refractivity contribution in [3.05, 3.63) is 65.9 Å². The van der Waals surface area contributed by atoms with Crippen molar-refractivity contribution in [3.63, 3.8) is 0 Å². The highest BCUT2D eigenvalue weighted by atomic mass is 19.4. The minimum absolute atomic E-state index is 0.0590. The van der Waals surface area contributed by atoms with Crippen LogP contribution in [-0.4, -0.2) is 36.9 Å². The summed E-state index contributed by atoms with van der Waals surface area (Å²) in [5.41, 5.74) is 3.01. The second-order valence-corrected chi connectivity index (χ2v) is 8.82. The molecule has 7 heteroatoms. The fourth-order valence-corrected chi connectivity index (χ4v) is 4.87. The fourth-order valence-electron chi connectivity index (χ4n) is 4.87. The van der Waals surface area contributed by atoms with Crippen molar-refractivity contribution >= 4 is 10.9 Å². The summed E-state index contributed by atoms with van der Waals surface area (Å²) in [4.78, 5) is 5.42. The molecule has 1 aliphatic carbocycles. The van der Waals surface area contributed by atoms with Crippen LogP contribution in [0.25, 0.3) is 10.9 Å². The highest BCUT2D eigenvalue weighted by Crippen LogP contribution is 2.43. The quantitative estimate of drug-likeness (QED) is 0.467. The van der Waals surface area contributed by atoms with Crippen molar-refractivity contribution in [1.29, 1.82) is 0 Å². The molecular weight excluding hydrogens is 417 g/mol. The normalized spacial score (nSPS) is 21.9. The van der Waals surface area contributed by atoms with Gasteiger partial charge >= 0.3 is 6.36 Å². The van der Waals surface area contributed by atoms with E-state index < -0.39 is 6.36 Å². The van der Waals surface area contributed by atoms with Crippen molar-refractivity contribution in [1.82, 2.24) is 9.88 Å². The average Bonchev–Trinajstić information content (AvgIpc) is 3.16. The van der Waals surface area contributed by atoms with E-state index in [1.165, 1.54) is 17.7 Å². The van der Waals surface area contributed by atoms with Gasteiger partial charge < -0.3 is 14.5 Å². The van der Waals surface area contributed by atoms with E-state index in [1.807, 2.05) is 0 Å². The lowest BCUT2D eigenvalue weighted by molar-refractivity contribution is -0.274. The van der Waals surface area contributed by atoms with E-state index in [0.29, 0.717) is 24.5 Å². The molecule has 0 atom stereocenters. The molecule has 2 aromatic carbocycles. The van der Waals surface area contributed by atoms with Crippen LogP contribution in [0.3, 0.4) is 0 Å². The van der Waals surface area contributed by atoms with Crippen molar-refractivity contribution < 1.29 is 22.6 Å². The molecule has 1 aliphatic rings. The molecule has 3 aromatic rings. The van der Waals surface area contributed by atoms with E-state index >= 15 is 0 Å². The number of halogens is 3. The van der Waals surface area contributed by atoms with Gasteiger partial charge in [-0.3, -0.25) is 4.90 Å². The summed E-state index contributed by atoms with van der Waals surface area (Å²) < 4.78 is 47.6.